The molecule has 0 aliphatic rings. The van der Waals surface area contributed by atoms with Gasteiger partial charge in [-0.05, 0) is 38.1 Å². The molecular weight excluding hydrogens is 246 g/mol. The van der Waals surface area contributed by atoms with E-state index in [1.807, 2.05) is 44.2 Å². The molecule has 0 atom stereocenters. The van der Waals surface area contributed by atoms with Gasteiger partial charge in [-0.3, -0.25) is 0 Å². The Kier molecular flexibility index (Phi) is 3.78. The fourth-order valence-electron chi connectivity index (χ4n) is 1.80. The number of hydrogen-bond donors (Lipinski definition) is 1. The van der Waals surface area contributed by atoms with Crippen LogP contribution >= 0.6 is 11.6 Å². The number of nitrogen functional groups attached to an aromatic ring is 1. The number of para-hydroxylation sites is 1. The van der Waals surface area contributed by atoms with Gasteiger partial charge in [-0.1, -0.05) is 29.8 Å². The summed E-state index contributed by atoms with van der Waals surface area (Å²) in [6.07, 6.45) is 0.117. The molecule has 0 saturated carbocycles. The molecule has 0 unspecified atom stereocenters. The first-order chi connectivity index (χ1) is 8.58. The summed E-state index contributed by atoms with van der Waals surface area (Å²) < 4.78 is 5.80. The molecule has 2 nitrogen and oxygen atoms in total. The van der Waals surface area contributed by atoms with E-state index in [2.05, 4.69) is 0 Å². The van der Waals surface area contributed by atoms with Gasteiger partial charge in [-0.15, -0.1) is 0 Å². The monoisotopic (exact) mass is 261 g/mol. The number of ether oxygens (including phenoxy) is 1. The minimum Gasteiger partial charge on any atom is -0.490 e. The van der Waals surface area contributed by atoms with E-state index >= 15 is 0 Å². The van der Waals surface area contributed by atoms with E-state index in [9.17, 15) is 0 Å². The van der Waals surface area contributed by atoms with Gasteiger partial charge in [-0.25, -0.2) is 0 Å². The van der Waals surface area contributed by atoms with Crippen molar-refractivity contribution in [3.05, 3.63) is 47.5 Å². The maximum Gasteiger partial charge on any atom is 0.127 e. The minimum absolute atomic E-state index is 0.117. The van der Waals surface area contributed by atoms with Crippen LogP contribution in [0.4, 0.5) is 5.69 Å². The molecule has 0 fully saturated rings. The molecule has 0 aliphatic heterocycles. The number of hydrogen-bond acceptors (Lipinski definition) is 2. The average Bonchev–Trinajstić information content (AvgIpc) is 2.32. The lowest BCUT2D eigenvalue weighted by Crippen LogP contribution is -2.06. The second-order valence-electron chi connectivity index (χ2n) is 4.40. The largest absolute Gasteiger partial charge is 0.490 e. The van der Waals surface area contributed by atoms with Crippen molar-refractivity contribution in [2.75, 3.05) is 5.73 Å². The van der Waals surface area contributed by atoms with Crippen molar-refractivity contribution in [3.8, 4) is 16.9 Å². The SMILES string of the molecule is CC(C)Oc1ccccc1-c1cc(N)ccc1Cl. The molecule has 0 aliphatic carbocycles. The van der Waals surface area contributed by atoms with E-state index in [0.29, 0.717) is 10.7 Å². The summed E-state index contributed by atoms with van der Waals surface area (Å²) in [6, 6.07) is 13.3. The van der Waals surface area contributed by atoms with Gasteiger partial charge in [0.1, 0.15) is 5.75 Å². The molecule has 2 aromatic rings. The summed E-state index contributed by atoms with van der Waals surface area (Å²) in [4.78, 5) is 0. The van der Waals surface area contributed by atoms with Crippen LogP contribution in [-0.2, 0) is 0 Å². The van der Waals surface area contributed by atoms with Crippen LogP contribution in [-0.4, -0.2) is 6.10 Å². The second-order valence-corrected chi connectivity index (χ2v) is 4.81. The summed E-state index contributed by atoms with van der Waals surface area (Å²) in [6.45, 7) is 4.00. The van der Waals surface area contributed by atoms with Gasteiger partial charge in [0, 0.05) is 21.8 Å². The maximum absolute atomic E-state index is 6.23. The van der Waals surface area contributed by atoms with E-state index in [1.54, 1.807) is 12.1 Å². The van der Waals surface area contributed by atoms with Crippen LogP contribution in [0.1, 0.15) is 13.8 Å². The van der Waals surface area contributed by atoms with Gasteiger partial charge in [0.25, 0.3) is 0 Å². The predicted octanol–water partition coefficient (Wildman–Crippen LogP) is 4.38. The Balaban J connectivity index is 2.53. The smallest absolute Gasteiger partial charge is 0.127 e. The third kappa shape index (κ3) is 2.77. The second kappa shape index (κ2) is 5.32. The van der Waals surface area contributed by atoms with Crippen LogP contribution in [0.2, 0.25) is 5.02 Å². The van der Waals surface area contributed by atoms with Crippen molar-refractivity contribution < 1.29 is 4.74 Å². The van der Waals surface area contributed by atoms with Crippen molar-refractivity contribution in [1.82, 2.24) is 0 Å². The number of anilines is 1. The number of rotatable bonds is 3. The van der Waals surface area contributed by atoms with Gasteiger partial charge < -0.3 is 10.5 Å². The van der Waals surface area contributed by atoms with E-state index in [0.717, 1.165) is 16.9 Å². The Hall–Kier alpha value is -1.67. The van der Waals surface area contributed by atoms with Crippen LogP contribution in [0.5, 0.6) is 5.75 Å². The fourth-order valence-corrected chi connectivity index (χ4v) is 2.01. The van der Waals surface area contributed by atoms with Crippen molar-refractivity contribution in [1.29, 1.82) is 0 Å². The molecule has 0 aromatic heterocycles. The zero-order valence-electron chi connectivity index (χ0n) is 10.5. The maximum atomic E-state index is 6.23. The first kappa shape index (κ1) is 12.8. The van der Waals surface area contributed by atoms with E-state index in [1.165, 1.54) is 0 Å². The third-order valence-electron chi connectivity index (χ3n) is 2.53. The molecule has 0 bridgehead atoms. The van der Waals surface area contributed by atoms with Gasteiger partial charge >= 0.3 is 0 Å². The van der Waals surface area contributed by atoms with Gasteiger partial charge in [0.15, 0.2) is 0 Å². The van der Waals surface area contributed by atoms with E-state index in [4.69, 9.17) is 22.1 Å². The van der Waals surface area contributed by atoms with Gasteiger partial charge in [-0.2, -0.15) is 0 Å². The van der Waals surface area contributed by atoms with Crippen LogP contribution in [0.15, 0.2) is 42.5 Å². The Labute approximate surface area is 112 Å². The van der Waals surface area contributed by atoms with E-state index in [-0.39, 0.29) is 6.10 Å². The number of nitrogens with two attached hydrogens (primary N) is 1. The Morgan fingerprint density at radius 1 is 1.06 bits per heavy atom. The summed E-state index contributed by atoms with van der Waals surface area (Å²) in [5.74, 6) is 0.819. The Bertz CT molecular complexity index is 552. The predicted molar refractivity (Wildman–Crippen MR) is 77.1 cm³/mol. The van der Waals surface area contributed by atoms with Crippen molar-refractivity contribution >= 4 is 17.3 Å². The number of halogens is 1. The van der Waals surface area contributed by atoms with Gasteiger partial charge in [0.2, 0.25) is 0 Å². The van der Waals surface area contributed by atoms with Crippen molar-refractivity contribution in [2.24, 2.45) is 0 Å². The Morgan fingerprint density at radius 3 is 2.50 bits per heavy atom. The van der Waals surface area contributed by atoms with Crippen LogP contribution < -0.4 is 10.5 Å². The fraction of sp³-hybridized carbons (Fsp3) is 0.200. The molecule has 3 heteroatoms. The molecule has 0 radical (unpaired) electrons. The molecule has 0 amide bonds. The highest BCUT2D eigenvalue weighted by molar-refractivity contribution is 6.33. The lowest BCUT2D eigenvalue weighted by Gasteiger charge is -2.15. The topological polar surface area (TPSA) is 35.2 Å². The van der Waals surface area contributed by atoms with Crippen LogP contribution in [0.3, 0.4) is 0 Å². The third-order valence-corrected chi connectivity index (χ3v) is 2.86. The zero-order valence-corrected chi connectivity index (χ0v) is 11.2. The summed E-state index contributed by atoms with van der Waals surface area (Å²) >= 11 is 6.23. The van der Waals surface area contributed by atoms with Crippen molar-refractivity contribution in [2.45, 2.75) is 20.0 Å². The lowest BCUT2D eigenvalue weighted by atomic mass is 10.0. The minimum atomic E-state index is 0.117. The van der Waals surface area contributed by atoms with Crippen LogP contribution in [0, 0.1) is 0 Å². The standard InChI is InChI=1S/C15H16ClNO/c1-10(2)18-15-6-4-3-5-12(15)13-9-11(17)7-8-14(13)16/h3-10H,17H2,1-2H3. The number of benzene rings is 2. The first-order valence-corrected chi connectivity index (χ1v) is 6.27. The molecule has 94 valence electrons. The summed E-state index contributed by atoms with van der Waals surface area (Å²) in [7, 11) is 0. The molecule has 0 heterocycles. The summed E-state index contributed by atoms with van der Waals surface area (Å²) in [5, 5.41) is 0.670. The average molecular weight is 262 g/mol. The summed E-state index contributed by atoms with van der Waals surface area (Å²) in [5.41, 5.74) is 8.36. The highest BCUT2D eigenvalue weighted by Gasteiger charge is 2.10. The normalized spacial score (nSPS) is 10.7. The molecule has 0 saturated heterocycles. The lowest BCUT2D eigenvalue weighted by molar-refractivity contribution is 0.243. The molecule has 0 spiro atoms. The zero-order chi connectivity index (χ0) is 13.1. The molecular formula is C15H16ClNO. The first-order valence-electron chi connectivity index (χ1n) is 5.89. The molecule has 2 N–H and O–H groups in total. The van der Waals surface area contributed by atoms with Gasteiger partial charge in [0.05, 0.1) is 6.10 Å². The van der Waals surface area contributed by atoms with Crippen molar-refractivity contribution in [3.63, 3.8) is 0 Å². The van der Waals surface area contributed by atoms with Crippen LogP contribution in [0.25, 0.3) is 11.1 Å². The quantitative estimate of drug-likeness (QED) is 0.833. The van der Waals surface area contributed by atoms with E-state index < -0.39 is 0 Å². The Morgan fingerprint density at radius 2 is 1.78 bits per heavy atom. The highest BCUT2D eigenvalue weighted by atomic mass is 35.5. The molecule has 18 heavy (non-hydrogen) atoms. The highest BCUT2D eigenvalue weighted by Crippen LogP contribution is 2.36. The molecule has 2 rings (SSSR count). The molecule has 2 aromatic carbocycles.